The Hall–Kier alpha value is -0.0800. The minimum absolute atomic E-state index is 0.685. The average Bonchev–Trinajstić information content (AvgIpc) is 2.89. The third-order valence-electron chi connectivity index (χ3n) is 4.16. The molecule has 88 valence electrons. The molecule has 0 spiro atoms. The maximum absolute atomic E-state index is 3.61. The Morgan fingerprint density at radius 3 is 2.67 bits per heavy atom. The summed E-state index contributed by atoms with van der Waals surface area (Å²) < 4.78 is 0. The summed E-state index contributed by atoms with van der Waals surface area (Å²) in [7, 11) is 0. The van der Waals surface area contributed by atoms with E-state index < -0.39 is 0 Å². The third kappa shape index (κ3) is 2.94. The lowest BCUT2D eigenvalue weighted by molar-refractivity contribution is 0.128. The van der Waals surface area contributed by atoms with Crippen molar-refractivity contribution in [1.82, 2.24) is 10.2 Å². The van der Waals surface area contributed by atoms with Crippen LogP contribution in [-0.2, 0) is 0 Å². The minimum Gasteiger partial charge on any atom is -0.314 e. The Labute approximate surface area is 94.4 Å². The quantitative estimate of drug-likeness (QED) is 0.764. The van der Waals surface area contributed by atoms with Crippen LogP contribution in [0, 0.1) is 11.3 Å². The Balaban J connectivity index is 1.77. The van der Waals surface area contributed by atoms with E-state index in [-0.39, 0.29) is 0 Å². The van der Waals surface area contributed by atoms with Crippen molar-refractivity contribution in [2.75, 3.05) is 26.2 Å². The minimum atomic E-state index is 0.685. The highest BCUT2D eigenvalue weighted by molar-refractivity contribution is 4.93. The van der Waals surface area contributed by atoms with Crippen molar-refractivity contribution in [3.05, 3.63) is 0 Å². The molecule has 2 heteroatoms. The maximum atomic E-state index is 3.61. The van der Waals surface area contributed by atoms with Crippen LogP contribution in [0.1, 0.15) is 40.0 Å². The zero-order valence-corrected chi connectivity index (χ0v) is 10.6. The van der Waals surface area contributed by atoms with Crippen LogP contribution in [0.3, 0.4) is 0 Å². The largest absolute Gasteiger partial charge is 0.314 e. The number of nitrogens with zero attached hydrogens (tertiary/aromatic N) is 1. The van der Waals surface area contributed by atoms with Gasteiger partial charge in [0.15, 0.2) is 0 Å². The van der Waals surface area contributed by atoms with E-state index in [9.17, 15) is 0 Å². The fourth-order valence-electron chi connectivity index (χ4n) is 2.85. The van der Waals surface area contributed by atoms with Crippen LogP contribution in [0.25, 0.3) is 0 Å². The molecule has 2 aliphatic rings. The molecule has 0 aromatic carbocycles. The molecule has 0 amide bonds. The Morgan fingerprint density at radius 2 is 2.13 bits per heavy atom. The molecule has 1 saturated carbocycles. The number of hydrogen-bond acceptors (Lipinski definition) is 2. The zero-order chi connectivity index (χ0) is 10.9. The highest BCUT2D eigenvalue weighted by Crippen LogP contribution is 2.45. The van der Waals surface area contributed by atoms with Crippen molar-refractivity contribution < 1.29 is 0 Å². The molecule has 1 heterocycles. The smallest absolute Gasteiger partial charge is 0.0117 e. The lowest BCUT2D eigenvalue weighted by Gasteiger charge is -2.38. The summed E-state index contributed by atoms with van der Waals surface area (Å²) >= 11 is 0. The van der Waals surface area contributed by atoms with Gasteiger partial charge in [-0.1, -0.05) is 20.8 Å². The zero-order valence-electron chi connectivity index (χ0n) is 10.6. The first-order valence-corrected chi connectivity index (χ1v) is 6.59. The second kappa shape index (κ2) is 4.42. The van der Waals surface area contributed by atoms with Gasteiger partial charge in [0.2, 0.25) is 0 Å². The van der Waals surface area contributed by atoms with Gasteiger partial charge in [-0.05, 0) is 43.7 Å². The maximum Gasteiger partial charge on any atom is 0.0117 e. The summed E-state index contributed by atoms with van der Waals surface area (Å²) in [6.07, 6.45) is 4.24. The Morgan fingerprint density at radius 1 is 1.40 bits per heavy atom. The lowest BCUT2D eigenvalue weighted by Crippen LogP contribution is -2.49. The molecule has 0 aromatic heterocycles. The van der Waals surface area contributed by atoms with E-state index in [4.69, 9.17) is 0 Å². The van der Waals surface area contributed by atoms with E-state index >= 15 is 0 Å². The van der Waals surface area contributed by atoms with Gasteiger partial charge in [-0.2, -0.15) is 0 Å². The van der Waals surface area contributed by atoms with Crippen LogP contribution in [0.4, 0.5) is 0 Å². The highest BCUT2D eigenvalue weighted by atomic mass is 15.2. The monoisotopic (exact) mass is 210 g/mol. The average molecular weight is 210 g/mol. The van der Waals surface area contributed by atoms with Crippen LogP contribution < -0.4 is 5.32 Å². The fourth-order valence-corrected chi connectivity index (χ4v) is 2.85. The van der Waals surface area contributed by atoms with Gasteiger partial charge in [0.25, 0.3) is 0 Å². The molecule has 2 fully saturated rings. The van der Waals surface area contributed by atoms with E-state index in [1.807, 2.05) is 0 Å². The van der Waals surface area contributed by atoms with Gasteiger partial charge in [0, 0.05) is 19.1 Å². The van der Waals surface area contributed by atoms with Crippen LogP contribution >= 0.6 is 0 Å². The number of hydrogen-bond donors (Lipinski definition) is 1. The normalized spacial score (nSPS) is 35.4. The van der Waals surface area contributed by atoms with Crippen LogP contribution in [0.5, 0.6) is 0 Å². The lowest BCUT2D eigenvalue weighted by atomic mass is 9.93. The van der Waals surface area contributed by atoms with Crippen molar-refractivity contribution >= 4 is 0 Å². The first kappa shape index (κ1) is 11.4. The SMILES string of the molecule is CCNC1CCN(CC2(C)CC2)CC1C. The van der Waals surface area contributed by atoms with Gasteiger partial charge in [-0.15, -0.1) is 0 Å². The fraction of sp³-hybridized carbons (Fsp3) is 1.00. The Bertz CT molecular complexity index is 211. The highest BCUT2D eigenvalue weighted by Gasteiger charge is 2.39. The molecule has 0 aromatic rings. The van der Waals surface area contributed by atoms with Gasteiger partial charge in [-0.3, -0.25) is 0 Å². The predicted octanol–water partition coefficient (Wildman–Crippen LogP) is 2.11. The van der Waals surface area contributed by atoms with Crippen LogP contribution in [0.2, 0.25) is 0 Å². The molecule has 2 rings (SSSR count). The summed E-state index contributed by atoms with van der Waals surface area (Å²) in [5.41, 5.74) is 0.685. The van der Waals surface area contributed by atoms with Crippen LogP contribution in [-0.4, -0.2) is 37.1 Å². The molecule has 1 aliphatic carbocycles. The van der Waals surface area contributed by atoms with Crippen LogP contribution in [0.15, 0.2) is 0 Å². The number of piperidine rings is 1. The molecule has 1 N–H and O–H groups in total. The van der Waals surface area contributed by atoms with E-state index in [0.717, 1.165) is 18.5 Å². The van der Waals surface area contributed by atoms with E-state index in [2.05, 4.69) is 31.0 Å². The molecular weight excluding hydrogens is 184 g/mol. The molecule has 0 bridgehead atoms. The Kier molecular flexibility index (Phi) is 3.36. The molecule has 2 nitrogen and oxygen atoms in total. The van der Waals surface area contributed by atoms with E-state index in [1.54, 1.807) is 0 Å². The molecule has 1 saturated heterocycles. The number of likely N-dealkylation sites (tertiary alicyclic amines) is 1. The number of nitrogens with one attached hydrogen (secondary N) is 1. The summed E-state index contributed by atoms with van der Waals surface area (Å²) in [5, 5.41) is 3.61. The van der Waals surface area contributed by atoms with E-state index in [0.29, 0.717) is 5.41 Å². The van der Waals surface area contributed by atoms with Gasteiger partial charge in [-0.25, -0.2) is 0 Å². The summed E-state index contributed by atoms with van der Waals surface area (Å²) in [6, 6.07) is 0.762. The first-order valence-electron chi connectivity index (χ1n) is 6.59. The summed E-state index contributed by atoms with van der Waals surface area (Å²) in [5.74, 6) is 0.820. The predicted molar refractivity (Wildman–Crippen MR) is 65.0 cm³/mol. The molecule has 2 unspecified atom stereocenters. The molecular formula is C13H26N2. The van der Waals surface area contributed by atoms with Crippen molar-refractivity contribution in [3.63, 3.8) is 0 Å². The standard InChI is InChI=1S/C13H26N2/c1-4-14-12-5-8-15(9-11(12)2)10-13(3)6-7-13/h11-12,14H,4-10H2,1-3H3. The summed E-state index contributed by atoms with van der Waals surface area (Å²) in [4.78, 5) is 2.69. The van der Waals surface area contributed by atoms with Gasteiger partial charge in [0.05, 0.1) is 0 Å². The first-order chi connectivity index (χ1) is 7.13. The van der Waals surface area contributed by atoms with Gasteiger partial charge >= 0.3 is 0 Å². The van der Waals surface area contributed by atoms with Gasteiger partial charge in [0.1, 0.15) is 0 Å². The number of rotatable bonds is 4. The summed E-state index contributed by atoms with van der Waals surface area (Å²) in [6.45, 7) is 12.1. The van der Waals surface area contributed by atoms with E-state index in [1.165, 1.54) is 38.9 Å². The molecule has 2 atom stereocenters. The second-order valence-corrected chi connectivity index (χ2v) is 5.98. The molecule has 0 radical (unpaired) electrons. The topological polar surface area (TPSA) is 15.3 Å². The second-order valence-electron chi connectivity index (χ2n) is 5.98. The van der Waals surface area contributed by atoms with Crippen molar-refractivity contribution in [2.45, 2.75) is 46.1 Å². The van der Waals surface area contributed by atoms with Crippen molar-refractivity contribution in [3.8, 4) is 0 Å². The third-order valence-corrected chi connectivity index (χ3v) is 4.16. The van der Waals surface area contributed by atoms with Crippen molar-refractivity contribution in [1.29, 1.82) is 0 Å². The molecule has 15 heavy (non-hydrogen) atoms. The molecule has 1 aliphatic heterocycles. The van der Waals surface area contributed by atoms with Crippen molar-refractivity contribution in [2.24, 2.45) is 11.3 Å². The van der Waals surface area contributed by atoms with Gasteiger partial charge < -0.3 is 10.2 Å².